The van der Waals surface area contributed by atoms with Crippen molar-refractivity contribution in [2.24, 2.45) is 0 Å². The maximum absolute atomic E-state index is 10.3. The van der Waals surface area contributed by atoms with Gasteiger partial charge >= 0.3 is 29.6 Å². The Kier molecular flexibility index (Phi) is 22.7. The number of phosphoric acid groups is 1. The van der Waals surface area contributed by atoms with Crippen molar-refractivity contribution in [1.29, 1.82) is 0 Å². The summed E-state index contributed by atoms with van der Waals surface area (Å²) in [4.78, 5) is 18.8. The molecule has 0 spiro atoms. The average Bonchev–Trinajstić information content (AvgIpc) is 2.49. The van der Waals surface area contributed by atoms with Gasteiger partial charge in [-0.05, 0) is 32.1 Å². The minimum atomic E-state index is -4.51. The van der Waals surface area contributed by atoms with Crippen LogP contribution in [0.1, 0.15) is 96.8 Å². The standard InChI is InChI=1S/C18H37O4P.Na/c1-2-3-4-5-6-7-8-9-10-11-12-13-14-15-16-17-18-22-23(19,20)21;/h9-10H,2-8,11-18H2,1H3,(H2,19,20,21);/q;+1/p-1/b10-9-;. The van der Waals surface area contributed by atoms with Crippen LogP contribution in [-0.4, -0.2) is 11.5 Å². The van der Waals surface area contributed by atoms with E-state index < -0.39 is 7.82 Å². The van der Waals surface area contributed by atoms with Crippen molar-refractivity contribution in [1.82, 2.24) is 0 Å². The quantitative estimate of drug-likeness (QED) is 0.185. The van der Waals surface area contributed by atoms with Gasteiger partial charge in [-0.1, -0.05) is 76.9 Å². The predicted octanol–water partition coefficient (Wildman–Crippen LogP) is 2.51. The number of unbranched alkanes of at least 4 members (excludes halogenated alkanes) is 12. The van der Waals surface area contributed by atoms with E-state index in [1.807, 2.05) is 0 Å². The number of rotatable bonds is 17. The molecule has 1 unspecified atom stereocenters. The number of phosphoric ester groups is 1. The molecule has 0 aromatic heterocycles. The number of hydrogen-bond donors (Lipinski definition) is 1. The summed E-state index contributed by atoms with van der Waals surface area (Å²) < 4.78 is 14.6. The predicted molar refractivity (Wildman–Crippen MR) is 95.2 cm³/mol. The van der Waals surface area contributed by atoms with E-state index in [0.717, 1.165) is 12.8 Å². The summed E-state index contributed by atoms with van der Waals surface area (Å²) in [6.45, 7) is 2.35. The topological polar surface area (TPSA) is 69.6 Å². The first-order valence-corrected chi connectivity index (χ1v) is 10.9. The Morgan fingerprint density at radius 1 is 0.833 bits per heavy atom. The summed E-state index contributed by atoms with van der Waals surface area (Å²) in [6.07, 6.45) is 21.6. The van der Waals surface area contributed by atoms with E-state index >= 15 is 0 Å². The Labute approximate surface area is 171 Å². The molecule has 0 aliphatic rings. The van der Waals surface area contributed by atoms with Crippen LogP contribution in [0.5, 0.6) is 0 Å². The van der Waals surface area contributed by atoms with E-state index in [2.05, 4.69) is 23.6 Å². The molecule has 0 aromatic rings. The first-order chi connectivity index (χ1) is 11.1. The third kappa shape index (κ3) is 25.1. The normalized spacial score (nSPS) is 13.8. The van der Waals surface area contributed by atoms with Crippen molar-refractivity contribution >= 4 is 7.82 Å². The molecule has 0 aromatic carbocycles. The fraction of sp³-hybridized carbons (Fsp3) is 0.889. The van der Waals surface area contributed by atoms with Gasteiger partial charge in [-0.15, -0.1) is 0 Å². The van der Waals surface area contributed by atoms with Gasteiger partial charge < -0.3 is 14.3 Å². The SMILES string of the molecule is CCCCCCCC/C=C\CCCCCCCCOP(=O)([O-])O.[Na+]. The van der Waals surface area contributed by atoms with Crippen LogP contribution in [0.2, 0.25) is 0 Å². The fourth-order valence-electron chi connectivity index (χ4n) is 2.53. The Balaban J connectivity index is 0. The van der Waals surface area contributed by atoms with Gasteiger partial charge in [-0.3, -0.25) is 4.57 Å². The number of hydrogen-bond acceptors (Lipinski definition) is 3. The van der Waals surface area contributed by atoms with Crippen molar-refractivity contribution in [3.63, 3.8) is 0 Å². The molecule has 0 rings (SSSR count). The maximum atomic E-state index is 10.3. The van der Waals surface area contributed by atoms with Gasteiger partial charge in [0.05, 0.1) is 6.61 Å². The molecule has 24 heavy (non-hydrogen) atoms. The molecule has 0 saturated carbocycles. The van der Waals surface area contributed by atoms with Crippen LogP contribution >= 0.6 is 7.82 Å². The average molecular weight is 370 g/mol. The molecular weight excluding hydrogens is 334 g/mol. The molecule has 0 radical (unpaired) electrons. The Hall–Kier alpha value is 0.850. The van der Waals surface area contributed by atoms with E-state index in [-0.39, 0.29) is 36.2 Å². The van der Waals surface area contributed by atoms with E-state index in [1.54, 1.807) is 0 Å². The first kappa shape index (κ1) is 27.1. The largest absolute Gasteiger partial charge is 1.00 e. The second kappa shape index (κ2) is 20.2. The van der Waals surface area contributed by atoms with Crippen LogP contribution in [0.15, 0.2) is 12.2 Å². The van der Waals surface area contributed by atoms with E-state index in [1.165, 1.54) is 70.6 Å². The maximum Gasteiger partial charge on any atom is 1.00 e. The van der Waals surface area contributed by atoms with Crippen molar-refractivity contribution in [2.75, 3.05) is 6.61 Å². The fourth-order valence-corrected chi connectivity index (χ4v) is 2.89. The third-order valence-corrected chi connectivity index (χ3v) is 4.42. The second-order valence-electron chi connectivity index (χ2n) is 6.24. The molecule has 0 amide bonds. The van der Waals surface area contributed by atoms with Crippen molar-refractivity contribution < 1.29 is 48.4 Å². The summed E-state index contributed by atoms with van der Waals surface area (Å²) in [5.41, 5.74) is 0. The summed E-state index contributed by atoms with van der Waals surface area (Å²) in [5.74, 6) is 0. The van der Waals surface area contributed by atoms with Crippen molar-refractivity contribution in [3.8, 4) is 0 Å². The van der Waals surface area contributed by atoms with Gasteiger partial charge in [-0.25, -0.2) is 0 Å². The second-order valence-corrected chi connectivity index (χ2v) is 7.43. The van der Waals surface area contributed by atoms with Gasteiger partial charge in [-0.2, -0.15) is 0 Å². The summed E-state index contributed by atoms with van der Waals surface area (Å²) in [5, 5.41) is 0. The van der Waals surface area contributed by atoms with Crippen LogP contribution in [-0.2, 0) is 9.09 Å². The first-order valence-electron chi connectivity index (χ1n) is 9.39. The molecule has 138 valence electrons. The summed E-state index contributed by atoms with van der Waals surface area (Å²) in [6, 6.07) is 0. The molecule has 6 heteroatoms. The van der Waals surface area contributed by atoms with E-state index in [9.17, 15) is 9.46 Å². The van der Waals surface area contributed by atoms with Gasteiger partial charge in [0.15, 0.2) is 0 Å². The molecule has 1 atom stereocenters. The van der Waals surface area contributed by atoms with Crippen LogP contribution in [0.4, 0.5) is 0 Å². The van der Waals surface area contributed by atoms with Crippen molar-refractivity contribution in [2.45, 2.75) is 96.8 Å². The van der Waals surface area contributed by atoms with Crippen molar-refractivity contribution in [3.05, 3.63) is 12.2 Å². The smallest absolute Gasteiger partial charge is 0.756 e. The van der Waals surface area contributed by atoms with Crippen LogP contribution < -0.4 is 34.5 Å². The van der Waals surface area contributed by atoms with Gasteiger partial charge in [0.2, 0.25) is 0 Å². The molecular formula is C18H36NaO4P. The molecule has 0 bridgehead atoms. The Bertz CT molecular complexity index is 318. The molecule has 0 fully saturated rings. The van der Waals surface area contributed by atoms with Gasteiger partial charge in [0.25, 0.3) is 7.82 Å². The van der Waals surface area contributed by atoms with E-state index in [0.29, 0.717) is 6.42 Å². The molecule has 1 N–H and O–H groups in total. The summed E-state index contributed by atoms with van der Waals surface area (Å²) in [7, 11) is -4.51. The molecule has 0 heterocycles. The molecule has 0 aliphatic carbocycles. The zero-order valence-electron chi connectivity index (χ0n) is 15.9. The van der Waals surface area contributed by atoms with Crippen LogP contribution in [0.25, 0.3) is 0 Å². The zero-order chi connectivity index (χ0) is 17.2. The molecule has 4 nitrogen and oxygen atoms in total. The van der Waals surface area contributed by atoms with Crippen LogP contribution in [0.3, 0.4) is 0 Å². The Morgan fingerprint density at radius 2 is 1.25 bits per heavy atom. The molecule has 0 saturated heterocycles. The molecule has 0 aliphatic heterocycles. The Morgan fingerprint density at radius 3 is 1.71 bits per heavy atom. The zero-order valence-corrected chi connectivity index (χ0v) is 18.8. The van der Waals surface area contributed by atoms with Gasteiger partial charge in [0, 0.05) is 0 Å². The van der Waals surface area contributed by atoms with Crippen LogP contribution in [0, 0.1) is 0 Å². The summed E-state index contributed by atoms with van der Waals surface area (Å²) >= 11 is 0. The number of allylic oxidation sites excluding steroid dienone is 2. The minimum Gasteiger partial charge on any atom is -0.756 e. The van der Waals surface area contributed by atoms with Gasteiger partial charge in [0.1, 0.15) is 0 Å². The monoisotopic (exact) mass is 370 g/mol. The third-order valence-electron chi connectivity index (χ3n) is 3.91. The minimum absolute atomic E-state index is 0. The van der Waals surface area contributed by atoms with E-state index in [4.69, 9.17) is 4.89 Å².